The number of esters is 2. The smallest absolute Gasteiger partial charge is 0.462 e. The summed E-state index contributed by atoms with van der Waals surface area (Å²) in [4.78, 5) is 35.0. The lowest BCUT2D eigenvalue weighted by Crippen LogP contribution is -2.37. The maximum Gasteiger partial charge on any atom is 0.472 e. The molecule has 0 aliphatic heterocycles. The van der Waals surface area contributed by atoms with E-state index in [9.17, 15) is 19.0 Å². The summed E-state index contributed by atoms with van der Waals surface area (Å²) in [5, 5.41) is 0. The molecule has 0 spiro atoms. The Balaban J connectivity index is 4.45. The van der Waals surface area contributed by atoms with E-state index in [1.807, 2.05) is 21.1 Å². The van der Waals surface area contributed by atoms with Crippen molar-refractivity contribution in [3.8, 4) is 0 Å². The molecule has 0 aliphatic rings. The lowest BCUT2D eigenvalue weighted by molar-refractivity contribution is -0.870. The number of phosphoric ester groups is 1. The first-order chi connectivity index (χ1) is 23.5. The summed E-state index contributed by atoms with van der Waals surface area (Å²) in [5.74, 6) is -0.866. The van der Waals surface area contributed by atoms with Gasteiger partial charge in [-0.3, -0.25) is 18.6 Å². The Morgan fingerprint density at radius 1 is 0.633 bits per heavy atom. The van der Waals surface area contributed by atoms with E-state index >= 15 is 0 Å². The number of quaternary nitrogens is 1. The van der Waals surface area contributed by atoms with Crippen LogP contribution >= 0.6 is 7.82 Å². The molecule has 0 aromatic heterocycles. The third kappa shape index (κ3) is 35.8. The molecule has 9 nitrogen and oxygen atoms in total. The number of hydrogen-bond acceptors (Lipinski definition) is 7. The zero-order valence-electron chi connectivity index (χ0n) is 31.9. The van der Waals surface area contributed by atoms with Crippen LogP contribution in [-0.4, -0.2) is 74.9 Å². The average Bonchev–Trinajstić information content (AvgIpc) is 3.04. The van der Waals surface area contributed by atoms with Gasteiger partial charge < -0.3 is 18.9 Å². The van der Waals surface area contributed by atoms with Gasteiger partial charge >= 0.3 is 19.8 Å². The molecule has 10 heteroatoms. The van der Waals surface area contributed by atoms with Crippen LogP contribution < -0.4 is 0 Å². The fourth-order valence-corrected chi connectivity index (χ4v) is 5.59. The van der Waals surface area contributed by atoms with Gasteiger partial charge in [0.15, 0.2) is 6.10 Å². The third-order valence-corrected chi connectivity index (χ3v) is 8.91. The molecule has 0 saturated heterocycles. The summed E-state index contributed by atoms with van der Waals surface area (Å²) < 4.78 is 34.0. The van der Waals surface area contributed by atoms with E-state index in [4.69, 9.17) is 18.5 Å². The van der Waals surface area contributed by atoms with Crippen molar-refractivity contribution in [2.75, 3.05) is 47.5 Å². The zero-order valence-corrected chi connectivity index (χ0v) is 32.8. The van der Waals surface area contributed by atoms with Crippen molar-refractivity contribution in [3.63, 3.8) is 0 Å². The third-order valence-electron chi connectivity index (χ3n) is 7.92. The van der Waals surface area contributed by atoms with Gasteiger partial charge in [0.25, 0.3) is 0 Å². The Morgan fingerprint density at radius 3 is 1.69 bits per heavy atom. The Hall–Kier alpha value is -1.77. The van der Waals surface area contributed by atoms with Crippen molar-refractivity contribution in [3.05, 3.63) is 36.5 Å². The zero-order chi connectivity index (χ0) is 36.5. The second kappa shape index (κ2) is 32.2. The Bertz CT molecular complexity index is 944. The predicted molar refractivity (Wildman–Crippen MR) is 201 cm³/mol. The largest absolute Gasteiger partial charge is 0.472 e. The van der Waals surface area contributed by atoms with Gasteiger partial charge in [-0.1, -0.05) is 127 Å². The summed E-state index contributed by atoms with van der Waals surface area (Å²) in [6, 6.07) is 0. The molecule has 1 unspecified atom stereocenters. The van der Waals surface area contributed by atoms with E-state index in [0.717, 1.165) is 44.9 Å². The molecule has 286 valence electrons. The maximum atomic E-state index is 12.5. The number of nitrogens with zero attached hydrogens (tertiary/aromatic N) is 1. The molecule has 0 aliphatic carbocycles. The maximum absolute atomic E-state index is 12.5. The molecule has 0 saturated carbocycles. The number of carbonyl (C=O) groups excluding carboxylic acids is 2. The molecule has 0 bridgehead atoms. The van der Waals surface area contributed by atoms with Crippen LogP contribution in [0.2, 0.25) is 0 Å². The summed E-state index contributed by atoms with van der Waals surface area (Å²) in [7, 11) is 1.45. The van der Waals surface area contributed by atoms with E-state index in [2.05, 4.69) is 50.3 Å². The summed E-state index contributed by atoms with van der Waals surface area (Å²) in [6.07, 6.45) is 33.6. The van der Waals surface area contributed by atoms with Gasteiger partial charge in [0.2, 0.25) is 0 Å². The lowest BCUT2D eigenvalue weighted by Gasteiger charge is -2.24. The van der Waals surface area contributed by atoms with Crippen molar-refractivity contribution in [1.82, 2.24) is 0 Å². The molecule has 0 amide bonds. The SMILES string of the molecule is CCCCCCCC/C=C/C/C=C/C/C=C/CCCC(=O)OC[C@@H](COP(=O)(O)OCC[N+](C)(C)C)OC(=O)CCCCCCCCCC. The number of rotatable bonds is 34. The van der Waals surface area contributed by atoms with Crippen LogP contribution in [0.15, 0.2) is 36.5 Å². The van der Waals surface area contributed by atoms with E-state index in [0.29, 0.717) is 23.9 Å². The van der Waals surface area contributed by atoms with Crippen LogP contribution in [0.4, 0.5) is 0 Å². The molecule has 1 N–H and O–H groups in total. The Morgan fingerprint density at radius 2 is 1.12 bits per heavy atom. The topological polar surface area (TPSA) is 108 Å². The van der Waals surface area contributed by atoms with E-state index in [1.165, 1.54) is 64.2 Å². The molecule has 49 heavy (non-hydrogen) atoms. The number of phosphoric acid groups is 1. The molecule has 0 heterocycles. The highest BCUT2D eigenvalue weighted by atomic mass is 31.2. The first-order valence-electron chi connectivity index (χ1n) is 19.2. The van der Waals surface area contributed by atoms with Gasteiger partial charge in [-0.05, 0) is 44.9 Å². The number of unbranched alkanes of at least 4 members (excludes halogenated alkanes) is 14. The summed E-state index contributed by atoms with van der Waals surface area (Å²) in [6.45, 7) is 4.30. The molecule has 0 fully saturated rings. The second-order valence-corrected chi connectivity index (χ2v) is 15.4. The molecular formula is C39H73NO8P+. The highest BCUT2D eigenvalue weighted by molar-refractivity contribution is 7.47. The quantitative estimate of drug-likeness (QED) is 0.0231. The minimum atomic E-state index is -4.37. The Labute approximate surface area is 300 Å². The molecule has 0 radical (unpaired) electrons. The van der Waals surface area contributed by atoms with Crippen molar-refractivity contribution < 1.29 is 42.1 Å². The fraction of sp³-hybridized carbons (Fsp3) is 0.795. The van der Waals surface area contributed by atoms with Crippen LogP contribution in [0, 0.1) is 0 Å². The van der Waals surface area contributed by atoms with Crippen molar-refractivity contribution in [2.45, 2.75) is 155 Å². The van der Waals surface area contributed by atoms with Gasteiger partial charge in [0.05, 0.1) is 27.7 Å². The van der Waals surface area contributed by atoms with Crippen LogP contribution in [-0.2, 0) is 32.7 Å². The van der Waals surface area contributed by atoms with E-state index < -0.39 is 32.5 Å². The minimum Gasteiger partial charge on any atom is -0.462 e. The van der Waals surface area contributed by atoms with Crippen molar-refractivity contribution in [1.29, 1.82) is 0 Å². The van der Waals surface area contributed by atoms with Crippen molar-refractivity contribution >= 4 is 19.8 Å². The van der Waals surface area contributed by atoms with Gasteiger partial charge in [-0.15, -0.1) is 0 Å². The summed E-state index contributed by atoms with van der Waals surface area (Å²) in [5.41, 5.74) is 0. The van der Waals surface area contributed by atoms with Gasteiger partial charge in [-0.25, -0.2) is 4.57 Å². The first-order valence-corrected chi connectivity index (χ1v) is 20.7. The number of carbonyl (C=O) groups is 2. The highest BCUT2D eigenvalue weighted by Gasteiger charge is 2.27. The standard InChI is InChI=1S/C39H72NO8P/c1-6-8-10-12-14-16-17-18-19-20-21-22-23-24-26-27-29-31-38(41)45-35-37(36-47-49(43,44)46-34-33-40(3,4)5)48-39(42)32-30-28-25-15-13-11-9-7-2/h18-19,21-22,24,26,37H,6-17,20,23,25,27-36H2,1-5H3/p+1/b19-18+,22-21+,26-24+/t37-/m0/s1. The first kappa shape index (κ1) is 47.2. The second-order valence-electron chi connectivity index (χ2n) is 14.0. The van der Waals surface area contributed by atoms with E-state index in [-0.39, 0.29) is 26.1 Å². The van der Waals surface area contributed by atoms with Gasteiger partial charge in [-0.2, -0.15) is 0 Å². The van der Waals surface area contributed by atoms with Gasteiger partial charge in [0, 0.05) is 12.8 Å². The monoisotopic (exact) mass is 715 g/mol. The molecule has 2 atom stereocenters. The molecule has 0 aromatic carbocycles. The number of hydrogen-bond donors (Lipinski definition) is 1. The minimum absolute atomic E-state index is 0.0244. The molecule has 0 rings (SSSR count). The average molecular weight is 715 g/mol. The van der Waals surface area contributed by atoms with Crippen LogP contribution in [0.1, 0.15) is 149 Å². The number of allylic oxidation sites excluding steroid dienone is 6. The fourth-order valence-electron chi connectivity index (χ4n) is 4.85. The molecule has 0 aromatic rings. The highest BCUT2D eigenvalue weighted by Crippen LogP contribution is 2.43. The normalized spacial score (nSPS) is 14.2. The van der Waals surface area contributed by atoms with Crippen LogP contribution in [0.25, 0.3) is 0 Å². The Kier molecular flexibility index (Phi) is 31.0. The predicted octanol–water partition coefficient (Wildman–Crippen LogP) is 10.2. The van der Waals surface area contributed by atoms with Crippen LogP contribution in [0.5, 0.6) is 0 Å². The lowest BCUT2D eigenvalue weighted by atomic mass is 10.1. The molecular weight excluding hydrogens is 641 g/mol. The summed E-state index contributed by atoms with van der Waals surface area (Å²) >= 11 is 0. The van der Waals surface area contributed by atoms with E-state index in [1.54, 1.807) is 0 Å². The number of likely N-dealkylation sites (N-methyl/N-ethyl adjacent to an activating group) is 1. The van der Waals surface area contributed by atoms with Crippen LogP contribution in [0.3, 0.4) is 0 Å². The van der Waals surface area contributed by atoms with Crippen molar-refractivity contribution in [2.24, 2.45) is 0 Å². The van der Waals surface area contributed by atoms with Gasteiger partial charge in [0.1, 0.15) is 19.8 Å². The number of ether oxygens (including phenoxy) is 2.